The van der Waals surface area contributed by atoms with Gasteiger partial charge in [0.25, 0.3) is 10.0 Å². The fourth-order valence-corrected chi connectivity index (χ4v) is 6.92. The van der Waals surface area contributed by atoms with E-state index in [-0.39, 0.29) is 18.4 Å². The van der Waals surface area contributed by atoms with Crippen molar-refractivity contribution in [2.45, 2.75) is 22.8 Å². The third kappa shape index (κ3) is 6.12. The first kappa shape index (κ1) is 22.9. The molecule has 1 aromatic heterocycles. The number of thioether (sulfide) groups is 1. The van der Waals surface area contributed by atoms with Crippen molar-refractivity contribution in [2.24, 2.45) is 5.92 Å². The minimum absolute atomic E-state index is 0.0776. The largest absolute Gasteiger partial charge is 0.355 e. The molecular weight excluding hydrogens is 471 g/mol. The first-order valence-corrected chi connectivity index (χ1v) is 13.4. The van der Waals surface area contributed by atoms with Crippen molar-refractivity contribution < 1.29 is 13.2 Å². The van der Waals surface area contributed by atoms with Gasteiger partial charge in [0.1, 0.15) is 4.21 Å². The fourth-order valence-electron chi connectivity index (χ4n) is 3.12. The summed E-state index contributed by atoms with van der Waals surface area (Å²) in [7, 11) is -3.50. The van der Waals surface area contributed by atoms with Crippen LogP contribution in [0.5, 0.6) is 0 Å². The van der Waals surface area contributed by atoms with Gasteiger partial charge in [-0.15, -0.1) is 11.3 Å². The summed E-state index contributed by atoms with van der Waals surface area (Å²) in [4.78, 5) is 12.5. The van der Waals surface area contributed by atoms with Gasteiger partial charge in [-0.1, -0.05) is 35.3 Å². The van der Waals surface area contributed by atoms with E-state index >= 15 is 0 Å². The van der Waals surface area contributed by atoms with Gasteiger partial charge < -0.3 is 5.32 Å². The standard InChI is InChI=1S/C19H22Cl2N2O3S3/c20-16-6-5-14(11-17(16)21)13-27-10-7-22-19(24)15-3-1-8-23(12-15)29(25,26)18-4-2-9-28-18/h2,4-6,9,11,15H,1,3,7-8,10,12-13H2,(H,22,24)/t15-/m1/s1. The van der Waals surface area contributed by atoms with E-state index in [1.54, 1.807) is 35.3 Å². The normalized spacial score (nSPS) is 17.9. The van der Waals surface area contributed by atoms with Crippen molar-refractivity contribution in [1.82, 2.24) is 9.62 Å². The highest BCUT2D eigenvalue weighted by Crippen LogP contribution is 2.27. The topological polar surface area (TPSA) is 66.5 Å². The van der Waals surface area contributed by atoms with Crippen LogP contribution < -0.4 is 5.32 Å². The van der Waals surface area contributed by atoms with E-state index < -0.39 is 10.0 Å². The lowest BCUT2D eigenvalue weighted by molar-refractivity contribution is -0.125. The third-order valence-corrected chi connectivity index (χ3v) is 9.65. The number of thiophene rings is 1. The van der Waals surface area contributed by atoms with Crippen molar-refractivity contribution in [3.8, 4) is 0 Å². The average molecular weight is 494 g/mol. The van der Waals surface area contributed by atoms with Gasteiger partial charge in [0.05, 0.1) is 16.0 Å². The summed E-state index contributed by atoms with van der Waals surface area (Å²) in [6, 6.07) is 8.89. The van der Waals surface area contributed by atoms with Crippen molar-refractivity contribution >= 4 is 62.2 Å². The average Bonchev–Trinajstić information content (AvgIpc) is 3.26. The predicted octanol–water partition coefficient (Wildman–Crippen LogP) is 4.51. The molecule has 29 heavy (non-hydrogen) atoms. The first-order chi connectivity index (χ1) is 13.9. The van der Waals surface area contributed by atoms with Gasteiger partial charge in [-0.25, -0.2) is 8.42 Å². The molecule has 2 heterocycles. The Balaban J connectivity index is 1.42. The summed E-state index contributed by atoms with van der Waals surface area (Å²) in [5.41, 5.74) is 1.08. The van der Waals surface area contributed by atoms with Crippen LogP contribution in [0.25, 0.3) is 0 Å². The van der Waals surface area contributed by atoms with Crippen LogP contribution in [-0.4, -0.2) is 44.0 Å². The van der Waals surface area contributed by atoms with Gasteiger partial charge in [-0.05, 0) is 42.0 Å². The number of nitrogens with one attached hydrogen (secondary N) is 1. The molecule has 0 aliphatic carbocycles. The predicted molar refractivity (Wildman–Crippen MR) is 121 cm³/mol. The number of halogens is 2. The summed E-state index contributed by atoms with van der Waals surface area (Å²) in [5.74, 6) is 1.16. The van der Waals surface area contributed by atoms with Crippen LogP contribution in [0.1, 0.15) is 18.4 Å². The number of carbonyl (C=O) groups is 1. The van der Waals surface area contributed by atoms with Crippen molar-refractivity contribution in [3.05, 3.63) is 51.3 Å². The zero-order valence-corrected chi connectivity index (χ0v) is 19.6. The molecule has 3 rings (SSSR count). The van der Waals surface area contributed by atoms with Gasteiger partial charge in [-0.3, -0.25) is 4.79 Å². The lowest BCUT2D eigenvalue weighted by atomic mass is 9.99. The van der Waals surface area contributed by atoms with Gasteiger partial charge in [0.15, 0.2) is 0 Å². The molecular formula is C19H22Cl2N2O3S3. The summed E-state index contributed by atoms with van der Waals surface area (Å²) < 4.78 is 27.1. The number of benzene rings is 1. The molecule has 1 saturated heterocycles. The van der Waals surface area contributed by atoms with E-state index in [9.17, 15) is 13.2 Å². The molecule has 5 nitrogen and oxygen atoms in total. The zero-order valence-electron chi connectivity index (χ0n) is 15.6. The first-order valence-electron chi connectivity index (χ1n) is 9.21. The van der Waals surface area contributed by atoms with Gasteiger partial charge in [0, 0.05) is 31.1 Å². The highest BCUT2D eigenvalue weighted by Gasteiger charge is 2.33. The monoisotopic (exact) mass is 492 g/mol. The van der Waals surface area contributed by atoms with Crippen molar-refractivity contribution in [3.63, 3.8) is 0 Å². The summed E-state index contributed by atoms with van der Waals surface area (Å²) >= 11 is 14.8. The minimum Gasteiger partial charge on any atom is -0.355 e. The second kappa shape index (κ2) is 10.5. The molecule has 0 unspecified atom stereocenters. The maximum atomic E-state index is 12.7. The maximum absolute atomic E-state index is 12.7. The van der Waals surface area contributed by atoms with Crippen LogP contribution in [0.2, 0.25) is 10.0 Å². The van der Waals surface area contributed by atoms with Crippen LogP contribution in [0.4, 0.5) is 0 Å². The van der Waals surface area contributed by atoms with E-state index in [1.807, 2.05) is 12.1 Å². The Hall–Kier alpha value is -0.770. The van der Waals surface area contributed by atoms with E-state index in [0.29, 0.717) is 40.2 Å². The Bertz CT molecular complexity index is 936. The number of hydrogen-bond acceptors (Lipinski definition) is 5. The Morgan fingerprint density at radius 2 is 2.10 bits per heavy atom. The molecule has 1 aromatic carbocycles. The lowest BCUT2D eigenvalue weighted by Crippen LogP contribution is -2.45. The van der Waals surface area contributed by atoms with E-state index in [1.165, 1.54) is 15.6 Å². The molecule has 10 heteroatoms. The van der Waals surface area contributed by atoms with E-state index in [0.717, 1.165) is 17.1 Å². The highest BCUT2D eigenvalue weighted by molar-refractivity contribution is 7.98. The molecule has 2 aromatic rings. The number of piperidine rings is 1. The Labute approximate surface area is 189 Å². The van der Waals surface area contributed by atoms with Crippen LogP contribution in [0.15, 0.2) is 39.9 Å². The summed E-state index contributed by atoms with van der Waals surface area (Å²) in [6.45, 7) is 1.24. The van der Waals surface area contributed by atoms with Crippen LogP contribution in [0, 0.1) is 5.92 Å². The van der Waals surface area contributed by atoms with Crippen molar-refractivity contribution in [1.29, 1.82) is 0 Å². The maximum Gasteiger partial charge on any atom is 0.252 e. The zero-order chi connectivity index (χ0) is 20.9. The SMILES string of the molecule is O=C(NCCSCc1ccc(Cl)c(Cl)c1)[C@@H]1CCCN(S(=O)(=O)c2cccs2)C1. The van der Waals surface area contributed by atoms with Gasteiger partial charge in [0.2, 0.25) is 5.91 Å². The van der Waals surface area contributed by atoms with Gasteiger partial charge in [-0.2, -0.15) is 16.1 Å². The Morgan fingerprint density at radius 3 is 2.83 bits per heavy atom. The minimum atomic E-state index is -3.50. The number of nitrogens with zero attached hydrogens (tertiary/aromatic N) is 1. The summed E-state index contributed by atoms with van der Waals surface area (Å²) in [6.07, 6.45) is 1.40. The Kier molecular flexibility index (Phi) is 8.30. The molecule has 1 aliphatic heterocycles. The van der Waals surface area contributed by atoms with Crippen LogP contribution in [-0.2, 0) is 20.6 Å². The number of amides is 1. The van der Waals surface area contributed by atoms with Crippen LogP contribution in [0.3, 0.4) is 0 Å². The van der Waals surface area contributed by atoms with Crippen LogP contribution >= 0.6 is 46.3 Å². The molecule has 0 saturated carbocycles. The molecule has 1 amide bonds. The number of carbonyl (C=O) groups excluding carboxylic acids is 1. The third-order valence-electron chi connectivity index (χ3n) is 4.64. The quantitative estimate of drug-likeness (QED) is 0.550. The molecule has 1 N–H and O–H groups in total. The van der Waals surface area contributed by atoms with E-state index in [4.69, 9.17) is 23.2 Å². The second-order valence-corrected chi connectivity index (χ2v) is 11.8. The van der Waals surface area contributed by atoms with Crippen molar-refractivity contribution in [2.75, 3.05) is 25.4 Å². The van der Waals surface area contributed by atoms with E-state index in [2.05, 4.69) is 5.32 Å². The molecule has 158 valence electrons. The molecule has 0 spiro atoms. The lowest BCUT2D eigenvalue weighted by Gasteiger charge is -2.30. The highest BCUT2D eigenvalue weighted by atomic mass is 35.5. The molecule has 1 atom stereocenters. The Morgan fingerprint density at radius 1 is 1.28 bits per heavy atom. The van der Waals surface area contributed by atoms with Gasteiger partial charge >= 0.3 is 0 Å². The second-order valence-electron chi connectivity index (χ2n) is 6.73. The fraction of sp³-hybridized carbons (Fsp3) is 0.421. The molecule has 0 radical (unpaired) electrons. The summed E-state index contributed by atoms with van der Waals surface area (Å²) in [5, 5.41) is 5.76. The molecule has 0 bridgehead atoms. The number of rotatable bonds is 8. The number of hydrogen-bond donors (Lipinski definition) is 1. The molecule has 1 aliphatic rings. The molecule has 1 fully saturated rings. The number of sulfonamides is 1. The smallest absolute Gasteiger partial charge is 0.252 e.